The number of hydroxylamine groups is 4. The third kappa shape index (κ3) is 18.3. The van der Waals surface area contributed by atoms with Crippen molar-refractivity contribution in [2.75, 3.05) is 39.6 Å². The number of nitrogens with zero attached hydrogens (tertiary/aromatic N) is 2. The number of hydrogen-bond acceptors (Lipinski definition) is 14. The predicted molar refractivity (Wildman–Crippen MR) is 217 cm³/mol. The first-order chi connectivity index (χ1) is 25.1. The van der Waals surface area contributed by atoms with Gasteiger partial charge in [0.15, 0.2) is 12.2 Å². The van der Waals surface area contributed by atoms with Gasteiger partial charge in [0.2, 0.25) is 0 Å². The van der Waals surface area contributed by atoms with Crippen LogP contribution in [0.25, 0.3) is 0 Å². The number of rotatable bonds is 26. The quantitative estimate of drug-likeness (QED) is 0.0352. The third-order valence-electron chi connectivity index (χ3n) is 8.14. The Kier molecular flexibility index (Phi) is 23.2. The minimum atomic E-state index is -3.68. The van der Waals surface area contributed by atoms with Gasteiger partial charge in [0.25, 0.3) is 0 Å². The van der Waals surface area contributed by atoms with Crippen molar-refractivity contribution in [2.24, 2.45) is 10.8 Å². The van der Waals surface area contributed by atoms with Crippen LogP contribution in [0.2, 0.25) is 0 Å². The van der Waals surface area contributed by atoms with Crippen molar-refractivity contribution < 1.29 is 56.0 Å². The summed E-state index contributed by atoms with van der Waals surface area (Å²) >= 11 is 0. The standard InChI is InChI=1S/C39H80N2O12P2/c1-19-48-54(44,49-20-2)34(36(7,8)9)40(38(13,14)15)52-30(5)32(42)46-28-26-24-23-25-27-29-47-33(43)31(6)53-41(39(16,17)18)35(37(10,11)12)55(45,50-21-3)51-22-4/h30-31,34-35H,19-29H2,1-18H3. The SMILES string of the molecule is CCOP(=O)(OCC)C(N(OC(C)C(=O)OCCCCCCCOC(=O)C(C)ON(C(C(C)(C)C)P(=O)(OCC)OCC)C(C)(C)C)C(C)(C)C)C(C)(C)C. The van der Waals surface area contributed by atoms with Crippen LogP contribution in [0.15, 0.2) is 0 Å². The first-order valence-electron chi connectivity index (χ1n) is 20.1. The van der Waals surface area contributed by atoms with E-state index in [2.05, 4.69) is 0 Å². The molecule has 0 aliphatic carbocycles. The van der Waals surface area contributed by atoms with Crippen LogP contribution in [0.1, 0.15) is 157 Å². The molecule has 0 spiro atoms. The van der Waals surface area contributed by atoms with Gasteiger partial charge in [-0.3, -0.25) is 18.8 Å². The molecule has 55 heavy (non-hydrogen) atoms. The number of unbranched alkanes of at least 4 members (excludes halogenated alkanes) is 4. The van der Waals surface area contributed by atoms with Crippen LogP contribution >= 0.6 is 15.2 Å². The Labute approximate surface area is 334 Å². The topological polar surface area (TPSA) is 149 Å². The first kappa shape index (κ1) is 54.1. The van der Waals surface area contributed by atoms with Gasteiger partial charge in [0, 0.05) is 11.1 Å². The second-order valence-corrected chi connectivity index (χ2v) is 22.0. The highest BCUT2D eigenvalue weighted by molar-refractivity contribution is 7.55. The second kappa shape index (κ2) is 23.6. The number of hydrogen-bond donors (Lipinski definition) is 0. The first-order valence-corrected chi connectivity index (χ1v) is 23.3. The molecule has 4 atom stereocenters. The van der Waals surface area contributed by atoms with Crippen LogP contribution in [-0.2, 0) is 56.0 Å². The smallest absolute Gasteiger partial charge is 0.350 e. The molecule has 0 amide bonds. The lowest BCUT2D eigenvalue weighted by Gasteiger charge is -2.47. The van der Waals surface area contributed by atoms with E-state index in [9.17, 15) is 18.7 Å². The Hall–Kier alpha value is -0.920. The zero-order valence-corrected chi connectivity index (χ0v) is 39.6. The highest BCUT2D eigenvalue weighted by atomic mass is 31.2. The minimum absolute atomic E-state index is 0.199. The van der Waals surface area contributed by atoms with E-state index >= 15 is 0 Å². The molecule has 14 nitrogen and oxygen atoms in total. The molecule has 0 aliphatic rings. The molecule has 328 valence electrons. The Morgan fingerprint density at radius 1 is 0.491 bits per heavy atom. The molecule has 0 rings (SSSR count). The summed E-state index contributed by atoms with van der Waals surface area (Å²) in [6.45, 7) is 34.6. The van der Waals surface area contributed by atoms with Gasteiger partial charge in [0.1, 0.15) is 11.6 Å². The molecule has 0 saturated carbocycles. The average Bonchev–Trinajstić information content (AvgIpc) is 3.01. The fraction of sp³-hybridized carbons (Fsp3) is 0.949. The Morgan fingerprint density at radius 3 is 0.964 bits per heavy atom. The monoisotopic (exact) mass is 831 g/mol. The maximum atomic E-state index is 14.1. The second-order valence-electron chi connectivity index (χ2n) is 17.8. The fourth-order valence-electron chi connectivity index (χ4n) is 5.89. The van der Waals surface area contributed by atoms with Crippen molar-refractivity contribution in [3.63, 3.8) is 0 Å². The van der Waals surface area contributed by atoms with Gasteiger partial charge in [-0.1, -0.05) is 60.8 Å². The number of carbonyl (C=O) groups is 2. The third-order valence-corrected chi connectivity index (χ3v) is 13.8. The Balaban J connectivity index is 5.12. The van der Waals surface area contributed by atoms with Crippen molar-refractivity contribution in [2.45, 2.75) is 192 Å². The van der Waals surface area contributed by atoms with Crippen LogP contribution in [0.4, 0.5) is 0 Å². The molecule has 0 bridgehead atoms. The largest absolute Gasteiger partial charge is 0.464 e. The summed E-state index contributed by atoms with van der Waals surface area (Å²) < 4.78 is 62.2. The molecular formula is C39H80N2O12P2. The van der Waals surface area contributed by atoms with E-state index in [1.54, 1.807) is 51.7 Å². The molecule has 0 aromatic rings. The van der Waals surface area contributed by atoms with Gasteiger partial charge in [-0.15, -0.1) is 0 Å². The molecule has 0 aliphatic heterocycles. The van der Waals surface area contributed by atoms with Crippen LogP contribution in [0, 0.1) is 10.8 Å². The molecule has 0 N–H and O–H groups in total. The zero-order valence-electron chi connectivity index (χ0n) is 37.8. The summed E-state index contributed by atoms with van der Waals surface area (Å²) in [4.78, 5) is 38.4. The summed E-state index contributed by atoms with van der Waals surface area (Å²) in [6, 6.07) is 0. The van der Waals surface area contributed by atoms with Gasteiger partial charge in [-0.2, -0.15) is 10.1 Å². The Bertz CT molecular complexity index is 1110. The lowest BCUT2D eigenvalue weighted by Crippen LogP contribution is -2.55. The van der Waals surface area contributed by atoms with Crippen molar-refractivity contribution in [1.82, 2.24) is 10.1 Å². The van der Waals surface area contributed by atoms with Crippen molar-refractivity contribution in [3.05, 3.63) is 0 Å². The molecule has 0 aromatic carbocycles. The van der Waals surface area contributed by atoms with Crippen molar-refractivity contribution in [1.29, 1.82) is 0 Å². The van der Waals surface area contributed by atoms with Gasteiger partial charge in [-0.25, -0.2) is 9.59 Å². The van der Waals surface area contributed by atoms with Gasteiger partial charge in [0.05, 0.1) is 39.6 Å². The van der Waals surface area contributed by atoms with E-state index < -0.39 is 72.8 Å². The lowest BCUT2D eigenvalue weighted by molar-refractivity contribution is -0.263. The van der Waals surface area contributed by atoms with E-state index in [1.807, 2.05) is 83.1 Å². The van der Waals surface area contributed by atoms with Crippen molar-refractivity contribution in [3.8, 4) is 0 Å². The van der Waals surface area contributed by atoms with E-state index in [-0.39, 0.29) is 39.6 Å². The molecule has 0 heterocycles. The average molecular weight is 831 g/mol. The molecule has 0 aromatic heterocycles. The number of ether oxygens (including phenoxy) is 2. The molecule has 0 radical (unpaired) electrons. The highest BCUT2D eigenvalue weighted by Gasteiger charge is 2.53. The number of carbonyl (C=O) groups excluding carboxylic acids is 2. The molecule has 0 fully saturated rings. The summed E-state index contributed by atoms with van der Waals surface area (Å²) in [6.07, 6.45) is 1.88. The molecular weight excluding hydrogens is 750 g/mol. The summed E-state index contributed by atoms with van der Waals surface area (Å²) in [5.41, 5.74) is -2.50. The molecule has 16 heteroatoms. The summed E-state index contributed by atoms with van der Waals surface area (Å²) in [5.74, 6) is -2.64. The van der Waals surface area contributed by atoms with Gasteiger partial charge in [-0.05, 0) is 107 Å². The van der Waals surface area contributed by atoms with Gasteiger partial charge >= 0.3 is 27.1 Å². The minimum Gasteiger partial charge on any atom is -0.464 e. The number of esters is 2. The van der Waals surface area contributed by atoms with E-state index in [1.165, 1.54) is 0 Å². The summed E-state index contributed by atoms with van der Waals surface area (Å²) in [5, 5.41) is 3.16. The Morgan fingerprint density at radius 2 is 0.745 bits per heavy atom. The van der Waals surface area contributed by atoms with E-state index in [4.69, 9.17) is 37.2 Å². The van der Waals surface area contributed by atoms with Crippen molar-refractivity contribution >= 4 is 27.1 Å². The lowest BCUT2D eigenvalue weighted by atomic mass is 9.94. The predicted octanol–water partition coefficient (Wildman–Crippen LogP) is 10.1. The normalized spacial score (nSPS) is 15.9. The van der Waals surface area contributed by atoms with Crippen LogP contribution < -0.4 is 0 Å². The van der Waals surface area contributed by atoms with Gasteiger partial charge < -0.3 is 27.6 Å². The fourth-order valence-corrected chi connectivity index (χ4v) is 11.3. The van der Waals surface area contributed by atoms with Crippen LogP contribution in [-0.4, -0.2) is 96.6 Å². The van der Waals surface area contributed by atoms with E-state index in [0.29, 0.717) is 12.8 Å². The van der Waals surface area contributed by atoms with Crippen LogP contribution in [0.5, 0.6) is 0 Å². The summed E-state index contributed by atoms with van der Waals surface area (Å²) in [7, 11) is -7.36. The molecule has 0 saturated heterocycles. The van der Waals surface area contributed by atoms with E-state index in [0.717, 1.165) is 19.3 Å². The maximum Gasteiger partial charge on any atom is 0.350 e. The highest BCUT2D eigenvalue weighted by Crippen LogP contribution is 2.62. The molecule has 4 unspecified atom stereocenters. The maximum absolute atomic E-state index is 14.1. The zero-order chi connectivity index (χ0) is 43.1. The van der Waals surface area contributed by atoms with Crippen LogP contribution in [0.3, 0.4) is 0 Å².